The number of alkyl halides is 2. The van der Waals surface area contributed by atoms with E-state index in [1.807, 2.05) is 0 Å². The van der Waals surface area contributed by atoms with Crippen molar-refractivity contribution in [2.75, 3.05) is 20.6 Å². The number of rotatable bonds is 4. The number of pyridine rings is 1. The topological polar surface area (TPSA) is 42.4 Å². The molecule has 1 aromatic heterocycles. The summed E-state index contributed by atoms with van der Waals surface area (Å²) in [6.45, 7) is -0.252. The molecule has 0 aromatic carbocycles. The molecule has 4 nitrogen and oxygen atoms in total. The molecule has 0 unspecified atom stereocenters. The SMILES string of the molecule is CF.O=C1C=C(N(CF)Cc2ccc(Cl)nc2)CO1. The monoisotopic (exact) mass is 290 g/mol. The first-order chi connectivity index (χ1) is 9.19. The maximum Gasteiger partial charge on any atom is 0.333 e. The Balaban J connectivity index is 0.000000861. The maximum absolute atomic E-state index is 12.9. The lowest BCUT2D eigenvalue weighted by atomic mass is 10.2. The lowest BCUT2D eigenvalue weighted by Crippen LogP contribution is -2.22. The zero-order chi connectivity index (χ0) is 14.3. The highest BCUT2D eigenvalue weighted by atomic mass is 35.5. The van der Waals surface area contributed by atoms with Crippen LogP contribution in [0, 0.1) is 0 Å². The van der Waals surface area contributed by atoms with Crippen LogP contribution in [0.15, 0.2) is 30.1 Å². The lowest BCUT2D eigenvalue weighted by molar-refractivity contribution is -0.135. The molecule has 0 atom stereocenters. The molecule has 19 heavy (non-hydrogen) atoms. The number of carbonyl (C=O) groups is 1. The molecule has 0 bridgehead atoms. The first-order valence-electron chi connectivity index (χ1n) is 5.35. The number of hydrogen-bond donors (Lipinski definition) is 0. The largest absolute Gasteiger partial charge is 0.456 e. The van der Waals surface area contributed by atoms with E-state index in [0.29, 0.717) is 24.6 Å². The van der Waals surface area contributed by atoms with Crippen molar-refractivity contribution in [2.24, 2.45) is 0 Å². The molecule has 0 saturated carbocycles. The molecule has 0 aliphatic carbocycles. The van der Waals surface area contributed by atoms with E-state index in [4.69, 9.17) is 16.3 Å². The van der Waals surface area contributed by atoms with E-state index >= 15 is 0 Å². The molecule has 2 rings (SSSR count). The number of esters is 1. The molecular weight excluding hydrogens is 278 g/mol. The Kier molecular flexibility index (Phi) is 6.21. The van der Waals surface area contributed by atoms with Gasteiger partial charge in [-0.1, -0.05) is 17.7 Å². The van der Waals surface area contributed by atoms with Gasteiger partial charge in [-0.3, -0.25) is 4.39 Å². The van der Waals surface area contributed by atoms with Crippen molar-refractivity contribution in [1.82, 2.24) is 9.88 Å². The van der Waals surface area contributed by atoms with E-state index in [1.165, 1.54) is 11.0 Å². The van der Waals surface area contributed by atoms with Crippen LogP contribution in [-0.4, -0.2) is 36.4 Å². The van der Waals surface area contributed by atoms with Crippen LogP contribution in [0.2, 0.25) is 5.15 Å². The average molecular weight is 291 g/mol. The molecule has 1 aliphatic heterocycles. The predicted molar refractivity (Wildman–Crippen MR) is 66.8 cm³/mol. The van der Waals surface area contributed by atoms with Crippen LogP contribution in [0.4, 0.5) is 8.78 Å². The van der Waals surface area contributed by atoms with Crippen LogP contribution < -0.4 is 0 Å². The van der Waals surface area contributed by atoms with Crippen LogP contribution in [0.25, 0.3) is 0 Å². The predicted octanol–water partition coefficient (Wildman–Crippen LogP) is 2.49. The van der Waals surface area contributed by atoms with Gasteiger partial charge in [-0.15, -0.1) is 0 Å². The number of halogens is 3. The van der Waals surface area contributed by atoms with Crippen molar-refractivity contribution in [1.29, 1.82) is 0 Å². The molecule has 0 spiro atoms. The Labute approximate surface area is 114 Å². The third-order valence-electron chi connectivity index (χ3n) is 2.36. The van der Waals surface area contributed by atoms with Crippen LogP contribution in [0.1, 0.15) is 5.56 Å². The second kappa shape index (κ2) is 7.68. The number of cyclic esters (lactones) is 1. The minimum atomic E-state index is -0.689. The number of hydrogen-bond acceptors (Lipinski definition) is 4. The van der Waals surface area contributed by atoms with E-state index in [-0.39, 0.29) is 6.61 Å². The molecule has 1 aromatic rings. The Morgan fingerprint density at radius 1 is 1.47 bits per heavy atom. The van der Waals surface area contributed by atoms with Crippen LogP contribution in [0.3, 0.4) is 0 Å². The number of carbonyl (C=O) groups excluding carboxylic acids is 1. The second-order valence-corrected chi connectivity index (χ2v) is 3.94. The number of ether oxygens (including phenoxy) is 1. The van der Waals surface area contributed by atoms with Gasteiger partial charge in [-0.2, -0.15) is 0 Å². The lowest BCUT2D eigenvalue weighted by Gasteiger charge is -2.20. The Morgan fingerprint density at radius 3 is 2.68 bits per heavy atom. The summed E-state index contributed by atoms with van der Waals surface area (Å²) in [4.78, 5) is 16.2. The van der Waals surface area contributed by atoms with Crippen molar-refractivity contribution in [2.45, 2.75) is 6.54 Å². The highest BCUT2D eigenvalue weighted by Gasteiger charge is 2.19. The Bertz CT molecular complexity index is 452. The summed E-state index contributed by atoms with van der Waals surface area (Å²) in [6, 6.07) is 3.40. The normalized spacial score (nSPS) is 13.3. The molecule has 2 heterocycles. The summed E-state index contributed by atoms with van der Waals surface area (Å²) < 4.78 is 27.1. The van der Waals surface area contributed by atoms with Gasteiger partial charge in [0.15, 0.2) is 6.80 Å². The summed E-state index contributed by atoms with van der Waals surface area (Å²) in [6.07, 6.45) is 2.87. The van der Waals surface area contributed by atoms with Gasteiger partial charge < -0.3 is 9.64 Å². The molecule has 104 valence electrons. The van der Waals surface area contributed by atoms with Gasteiger partial charge in [0.05, 0.1) is 12.9 Å². The molecule has 0 fully saturated rings. The van der Waals surface area contributed by atoms with Crippen LogP contribution in [0.5, 0.6) is 0 Å². The van der Waals surface area contributed by atoms with Gasteiger partial charge in [0.2, 0.25) is 0 Å². The van der Waals surface area contributed by atoms with Gasteiger partial charge in [0.1, 0.15) is 11.8 Å². The summed E-state index contributed by atoms with van der Waals surface area (Å²) in [5.41, 5.74) is 1.35. The van der Waals surface area contributed by atoms with Crippen LogP contribution in [-0.2, 0) is 16.1 Å². The average Bonchev–Trinajstić information content (AvgIpc) is 2.87. The van der Waals surface area contributed by atoms with Crippen molar-refractivity contribution in [3.63, 3.8) is 0 Å². The minimum Gasteiger partial charge on any atom is -0.456 e. The summed E-state index contributed by atoms with van der Waals surface area (Å²) in [5.74, 6) is -0.437. The first-order valence-corrected chi connectivity index (χ1v) is 5.73. The highest BCUT2D eigenvalue weighted by molar-refractivity contribution is 6.29. The fourth-order valence-electron chi connectivity index (χ4n) is 1.49. The van der Waals surface area contributed by atoms with Crippen molar-refractivity contribution >= 4 is 17.6 Å². The van der Waals surface area contributed by atoms with Gasteiger partial charge in [-0.05, 0) is 11.6 Å². The minimum absolute atomic E-state index is 0.115. The smallest absolute Gasteiger partial charge is 0.333 e. The molecule has 1 aliphatic rings. The number of aromatic nitrogens is 1. The van der Waals surface area contributed by atoms with Gasteiger partial charge in [0.25, 0.3) is 0 Å². The summed E-state index contributed by atoms with van der Waals surface area (Å²) in [5, 5.41) is 0.388. The van der Waals surface area contributed by atoms with E-state index in [2.05, 4.69) is 4.98 Å². The Morgan fingerprint density at radius 2 is 2.21 bits per heavy atom. The van der Waals surface area contributed by atoms with E-state index in [0.717, 1.165) is 5.56 Å². The molecule has 7 heteroatoms. The number of nitrogens with zero attached hydrogens (tertiary/aromatic N) is 2. The quantitative estimate of drug-likeness (QED) is 0.485. The molecule has 0 radical (unpaired) electrons. The summed E-state index contributed by atoms with van der Waals surface area (Å²) >= 11 is 5.65. The molecule has 0 N–H and O–H groups in total. The van der Waals surface area contributed by atoms with E-state index in [1.54, 1.807) is 18.3 Å². The fraction of sp³-hybridized carbons (Fsp3) is 0.333. The van der Waals surface area contributed by atoms with Crippen LogP contribution >= 0.6 is 11.6 Å². The van der Waals surface area contributed by atoms with E-state index < -0.39 is 12.8 Å². The summed E-state index contributed by atoms with van der Waals surface area (Å²) in [7, 11) is 0.500. The maximum atomic E-state index is 12.9. The zero-order valence-corrected chi connectivity index (χ0v) is 11.0. The fourth-order valence-corrected chi connectivity index (χ4v) is 1.60. The van der Waals surface area contributed by atoms with Gasteiger partial charge >= 0.3 is 5.97 Å². The third-order valence-corrected chi connectivity index (χ3v) is 2.58. The molecular formula is C12H13ClF2N2O2. The van der Waals surface area contributed by atoms with Gasteiger partial charge in [0, 0.05) is 18.8 Å². The van der Waals surface area contributed by atoms with Crippen molar-refractivity contribution in [3.8, 4) is 0 Å². The standard InChI is InChI=1S/C11H10ClFN2O2.CH3F/c12-10-2-1-8(4-14-10)5-15(7-13)9-3-11(16)17-6-9;1-2/h1-4H,5-7H2;1H3. The second-order valence-electron chi connectivity index (χ2n) is 3.55. The van der Waals surface area contributed by atoms with Gasteiger partial charge in [-0.25, -0.2) is 14.2 Å². The van der Waals surface area contributed by atoms with Crippen molar-refractivity contribution in [3.05, 3.63) is 40.8 Å². The van der Waals surface area contributed by atoms with Crippen molar-refractivity contribution < 1.29 is 18.3 Å². The molecule has 0 amide bonds. The first kappa shape index (κ1) is 15.4. The zero-order valence-electron chi connectivity index (χ0n) is 10.3. The molecule has 0 saturated heterocycles. The third kappa shape index (κ3) is 4.48. The highest BCUT2D eigenvalue weighted by Crippen LogP contribution is 2.16. The Hall–Kier alpha value is -1.69. The van der Waals surface area contributed by atoms with E-state index in [9.17, 15) is 13.6 Å².